The fraction of sp³-hybridized carbons (Fsp3) is 0.179. The molecular weight excluding hydrogens is 498 g/mol. The van der Waals surface area contributed by atoms with Gasteiger partial charge in [0.25, 0.3) is 0 Å². The number of hydrogen-bond donors (Lipinski definition) is 0. The molecule has 4 rings (SSSR count). The Hall–Kier alpha value is -2.93. The molecule has 0 aliphatic carbocycles. The van der Waals surface area contributed by atoms with Crippen LogP contribution >= 0.6 is 34.7 Å². The van der Waals surface area contributed by atoms with E-state index in [2.05, 4.69) is 12.1 Å². The third-order valence-corrected chi connectivity index (χ3v) is 8.16. The van der Waals surface area contributed by atoms with E-state index in [-0.39, 0.29) is 24.8 Å². The first-order valence-electron chi connectivity index (χ1n) is 11.2. The van der Waals surface area contributed by atoms with Gasteiger partial charge >= 0.3 is 5.97 Å². The van der Waals surface area contributed by atoms with Crippen LogP contribution in [0.1, 0.15) is 38.8 Å². The van der Waals surface area contributed by atoms with E-state index in [1.54, 1.807) is 43.0 Å². The van der Waals surface area contributed by atoms with Crippen LogP contribution in [0, 0.1) is 6.92 Å². The van der Waals surface area contributed by atoms with E-state index in [9.17, 15) is 9.59 Å². The number of benzene rings is 2. The second-order valence-corrected chi connectivity index (χ2v) is 10.6. The van der Waals surface area contributed by atoms with Crippen molar-refractivity contribution < 1.29 is 18.9 Å². The number of esters is 1. The Kier molecular flexibility index (Phi) is 8.39. The lowest BCUT2D eigenvalue weighted by Gasteiger charge is -2.06. The molecule has 0 radical (unpaired) electrons. The molecule has 2 heterocycles. The van der Waals surface area contributed by atoms with Gasteiger partial charge in [-0.05, 0) is 49.2 Å². The zero-order valence-electron chi connectivity index (χ0n) is 19.5. The van der Waals surface area contributed by atoms with Crippen LogP contribution in [-0.2, 0) is 21.7 Å². The number of carbonyl (C=O) groups excluding carboxylic acids is 2. The second kappa shape index (κ2) is 11.7. The van der Waals surface area contributed by atoms with Crippen molar-refractivity contribution in [3.8, 4) is 5.69 Å². The quantitative estimate of drug-likeness (QED) is 0.107. The van der Waals surface area contributed by atoms with E-state index in [0.29, 0.717) is 21.0 Å². The summed E-state index contributed by atoms with van der Waals surface area (Å²) in [5.41, 5.74) is 4.36. The molecule has 0 aliphatic heterocycles. The molecule has 178 valence electrons. The monoisotopic (exact) mass is 522 g/mol. The number of halogens is 1. The molecule has 0 aliphatic rings. The second-order valence-electron chi connectivity index (χ2n) is 7.92. The Morgan fingerprint density at radius 3 is 2.34 bits per heavy atom. The summed E-state index contributed by atoms with van der Waals surface area (Å²) >= 11 is 9.13. The van der Waals surface area contributed by atoms with Gasteiger partial charge in [-0.3, -0.25) is 9.59 Å². The van der Waals surface area contributed by atoms with Crippen LogP contribution in [0.2, 0.25) is 5.02 Å². The van der Waals surface area contributed by atoms with Crippen LogP contribution in [0.4, 0.5) is 0 Å². The molecule has 4 aromatic rings. The minimum absolute atomic E-state index is 0.0150. The van der Waals surface area contributed by atoms with E-state index in [0.717, 1.165) is 21.2 Å². The van der Waals surface area contributed by atoms with E-state index < -0.39 is 0 Å². The number of thioether (sulfide) groups is 1. The van der Waals surface area contributed by atoms with Crippen molar-refractivity contribution in [3.63, 3.8) is 0 Å². The first-order chi connectivity index (χ1) is 17.0. The number of nitrogens with zero attached hydrogens (tertiary/aromatic N) is 1. The highest BCUT2D eigenvalue weighted by Gasteiger charge is 2.31. The molecule has 0 saturated heterocycles. The molecule has 0 N–H and O–H groups in total. The van der Waals surface area contributed by atoms with Gasteiger partial charge in [0.05, 0.1) is 23.5 Å². The van der Waals surface area contributed by atoms with Gasteiger partial charge in [-0.1, -0.05) is 41.9 Å². The van der Waals surface area contributed by atoms with Gasteiger partial charge in [-0.25, -0.2) is 0 Å². The van der Waals surface area contributed by atoms with Gasteiger partial charge in [-0.15, -0.1) is 23.1 Å². The highest BCUT2D eigenvalue weighted by atomic mass is 35.5. The number of rotatable bonds is 9. The molecule has 0 saturated carbocycles. The molecule has 2 aromatic carbocycles. The predicted octanol–water partition coefficient (Wildman–Crippen LogP) is 6.62. The van der Waals surface area contributed by atoms with E-state index in [4.69, 9.17) is 16.3 Å². The summed E-state index contributed by atoms with van der Waals surface area (Å²) in [7, 11) is 0. The Labute approximate surface area is 218 Å². The van der Waals surface area contributed by atoms with Gasteiger partial charge < -0.3 is 4.74 Å². The summed E-state index contributed by atoms with van der Waals surface area (Å²) in [4.78, 5) is 26.8. The van der Waals surface area contributed by atoms with E-state index >= 15 is 0 Å². The average molecular weight is 523 g/mol. The summed E-state index contributed by atoms with van der Waals surface area (Å²) < 4.78 is 8.23. The zero-order valence-corrected chi connectivity index (χ0v) is 21.9. The minimum Gasteiger partial charge on any atom is -0.466 e. The Morgan fingerprint density at radius 2 is 1.69 bits per heavy atom. The minimum atomic E-state index is -0.357. The highest BCUT2D eigenvalue weighted by Crippen LogP contribution is 2.39. The molecular formula is C28H25ClNO3S2+. The van der Waals surface area contributed by atoms with Crippen LogP contribution in [0.15, 0.2) is 83.3 Å². The SMILES string of the molecule is CCOC(=O)Cc1c(C(=O)c2ccc(Cl)cc2)sc(SCc2ccccc2)c1-[n+]1ccc(C)cc1. The number of aryl methyl sites for hydroxylation is 1. The molecule has 2 aromatic heterocycles. The number of hydrogen-bond acceptors (Lipinski definition) is 5. The van der Waals surface area contributed by atoms with Crippen LogP contribution in [0.25, 0.3) is 5.69 Å². The maximum atomic E-state index is 13.6. The lowest BCUT2D eigenvalue weighted by atomic mass is 10.0. The first kappa shape index (κ1) is 25.2. The highest BCUT2D eigenvalue weighted by molar-refractivity contribution is 8.00. The van der Waals surface area contributed by atoms with Crippen LogP contribution in [0.5, 0.6) is 0 Å². The van der Waals surface area contributed by atoms with Gasteiger partial charge in [0, 0.05) is 28.5 Å². The van der Waals surface area contributed by atoms with E-state index in [1.807, 2.05) is 54.2 Å². The normalized spacial score (nSPS) is 10.8. The Bertz CT molecular complexity index is 1320. The lowest BCUT2D eigenvalue weighted by Crippen LogP contribution is -2.31. The average Bonchev–Trinajstić information content (AvgIpc) is 3.22. The smallest absolute Gasteiger partial charge is 0.310 e. The van der Waals surface area contributed by atoms with Crippen LogP contribution in [0.3, 0.4) is 0 Å². The topological polar surface area (TPSA) is 47.3 Å². The largest absolute Gasteiger partial charge is 0.466 e. The molecule has 0 spiro atoms. The third-order valence-electron chi connectivity index (χ3n) is 5.35. The summed E-state index contributed by atoms with van der Waals surface area (Å²) in [6.45, 7) is 4.09. The number of pyridine rings is 1. The van der Waals surface area contributed by atoms with Crippen molar-refractivity contribution in [1.82, 2.24) is 0 Å². The molecule has 35 heavy (non-hydrogen) atoms. The van der Waals surface area contributed by atoms with E-state index in [1.165, 1.54) is 16.9 Å². The molecule has 0 atom stereocenters. The lowest BCUT2D eigenvalue weighted by molar-refractivity contribution is -0.598. The van der Waals surface area contributed by atoms with Crippen molar-refractivity contribution in [2.75, 3.05) is 6.61 Å². The van der Waals surface area contributed by atoms with Gasteiger partial charge in [-0.2, -0.15) is 4.57 Å². The Morgan fingerprint density at radius 1 is 1.00 bits per heavy atom. The van der Waals surface area contributed by atoms with Crippen molar-refractivity contribution >= 4 is 46.5 Å². The molecule has 0 unspecified atom stereocenters. The molecule has 4 nitrogen and oxygen atoms in total. The number of ketones is 1. The summed E-state index contributed by atoms with van der Waals surface area (Å²) in [6, 6.07) is 21.0. The number of aromatic nitrogens is 1. The summed E-state index contributed by atoms with van der Waals surface area (Å²) in [5, 5.41) is 0.564. The molecule has 0 bridgehead atoms. The fourth-order valence-corrected chi connectivity index (χ4v) is 6.26. The van der Waals surface area contributed by atoms with Gasteiger partial charge in [0.15, 0.2) is 12.4 Å². The van der Waals surface area contributed by atoms with Crippen LogP contribution < -0.4 is 4.57 Å². The van der Waals surface area contributed by atoms with Crippen molar-refractivity contribution in [2.24, 2.45) is 0 Å². The van der Waals surface area contributed by atoms with Gasteiger partial charge in [0.2, 0.25) is 11.5 Å². The number of ether oxygens (including phenoxy) is 1. The molecule has 0 fully saturated rings. The van der Waals surface area contributed by atoms with Crippen molar-refractivity contribution in [2.45, 2.75) is 30.2 Å². The predicted molar refractivity (Wildman–Crippen MR) is 142 cm³/mol. The first-order valence-corrected chi connectivity index (χ1v) is 13.4. The molecule has 0 amide bonds. The van der Waals surface area contributed by atoms with Gasteiger partial charge in [0.1, 0.15) is 4.21 Å². The third kappa shape index (κ3) is 6.20. The fourth-order valence-electron chi connectivity index (χ4n) is 3.60. The maximum Gasteiger partial charge on any atom is 0.310 e. The molecule has 7 heteroatoms. The number of carbonyl (C=O) groups is 2. The van der Waals surface area contributed by atoms with Crippen LogP contribution in [-0.4, -0.2) is 18.4 Å². The van der Waals surface area contributed by atoms with Crippen molar-refractivity contribution in [1.29, 1.82) is 0 Å². The number of thiophene rings is 1. The summed E-state index contributed by atoms with van der Waals surface area (Å²) in [5.74, 6) is 0.254. The standard InChI is InChI=1S/C28H25ClNO3S2/c1-3-33-24(31)17-23-25(30-15-13-19(2)14-16-30)28(34-18-20-7-5-4-6-8-20)35-27(23)26(32)21-9-11-22(29)12-10-21/h4-16H,3,17-18H2,1-2H3/q+1. The summed E-state index contributed by atoms with van der Waals surface area (Å²) in [6.07, 6.45) is 3.95. The van der Waals surface area contributed by atoms with Crippen molar-refractivity contribution in [3.05, 3.63) is 111 Å². The maximum absolute atomic E-state index is 13.6. The zero-order chi connectivity index (χ0) is 24.8. The Balaban J connectivity index is 1.84.